The van der Waals surface area contributed by atoms with E-state index in [1.807, 2.05) is 29.4 Å². The van der Waals surface area contributed by atoms with Crippen LogP contribution in [0.3, 0.4) is 0 Å². The number of thioether (sulfide) groups is 1. The second-order valence-corrected chi connectivity index (χ2v) is 9.19. The van der Waals surface area contributed by atoms with Gasteiger partial charge in [-0.2, -0.15) is 0 Å². The molecule has 1 aliphatic carbocycles. The van der Waals surface area contributed by atoms with E-state index in [2.05, 4.69) is 10.3 Å². The number of hydrogen-bond donors (Lipinski definition) is 1. The second-order valence-electron chi connectivity index (χ2n) is 8.31. The third-order valence-electron chi connectivity index (χ3n) is 6.15. The van der Waals surface area contributed by atoms with E-state index < -0.39 is 11.7 Å². The Bertz CT molecular complexity index is 979. The number of piperidine rings is 1. The van der Waals surface area contributed by atoms with Crippen LogP contribution in [0.25, 0.3) is 0 Å². The second kappa shape index (κ2) is 10.3. The van der Waals surface area contributed by atoms with Gasteiger partial charge in [0.25, 0.3) is 5.91 Å². The lowest BCUT2D eigenvalue weighted by molar-refractivity contribution is -0.136. The summed E-state index contributed by atoms with van der Waals surface area (Å²) in [6.07, 6.45) is 9.00. The molecule has 0 unspecified atom stereocenters. The molecular formula is C24H28FN3O3S. The highest BCUT2D eigenvalue weighted by Crippen LogP contribution is 2.29. The average molecular weight is 458 g/mol. The zero-order valence-electron chi connectivity index (χ0n) is 18.2. The Balaban J connectivity index is 1.40. The van der Waals surface area contributed by atoms with Gasteiger partial charge < -0.3 is 15.0 Å². The first-order chi connectivity index (χ1) is 15.5. The lowest BCUT2D eigenvalue weighted by Crippen LogP contribution is -2.47. The summed E-state index contributed by atoms with van der Waals surface area (Å²) in [5.74, 6) is -0.119. The molecule has 0 spiro atoms. The molecule has 1 saturated carbocycles. The average Bonchev–Trinajstić information content (AvgIpc) is 2.81. The Hall–Kier alpha value is -2.61. The van der Waals surface area contributed by atoms with Crippen molar-refractivity contribution in [3.63, 3.8) is 0 Å². The number of benzene rings is 1. The van der Waals surface area contributed by atoms with E-state index in [4.69, 9.17) is 4.74 Å². The van der Waals surface area contributed by atoms with Crippen LogP contribution in [0.5, 0.6) is 11.6 Å². The van der Waals surface area contributed by atoms with Crippen molar-refractivity contribution >= 4 is 23.6 Å². The number of pyridine rings is 1. The van der Waals surface area contributed by atoms with E-state index >= 15 is 0 Å². The van der Waals surface area contributed by atoms with Crippen molar-refractivity contribution in [2.45, 2.75) is 61.9 Å². The molecule has 8 heteroatoms. The maximum Gasteiger partial charge on any atom is 0.257 e. The number of carbonyl (C=O) groups excluding carboxylic acids is 2. The molecule has 1 aromatic heterocycles. The molecule has 1 aromatic carbocycles. The molecule has 1 N–H and O–H groups in total. The van der Waals surface area contributed by atoms with Crippen LogP contribution in [0.15, 0.2) is 41.4 Å². The molecule has 0 bridgehead atoms. The highest BCUT2D eigenvalue weighted by Gasteiger charge is 2.31. The number of halogens is 1. The lowest BCUT2D eigenvalue weighted by atomic mass is 9.89. The number of nitrogens with one attached hydrogen (secondary N) is 1. The molecule has 1 saturated heterocycles. The van der Waals surface area contributed by atoms with Gasteiger partial charge in [0.05, 0.1) is 6.20 Å². The topological polar surface area (TPSA) is 71.5 Å². The van der Waals surface area contributed by atoms with E-state index in [9.17, 15) is 14.0 Å². The zero-order chi connectivity index (χ0) is 22.5. The number of hydrogen-bond acceptors (Lipinski definition) is 5. The summed E-state index contributed by atoms with van der Waals surface area (Å²) >= 11 is 1.58. The summed E-state index contributed by atoms with van der Waals surface area (Å²) in [7, 11) is 0. The summed E-state index contributed by atoms with van der Waals surface area (Å²) in [6.45, 7) is 0.841. The largest absolute Gasteiger partial charge is 0.438 e. The van der Waals surface area contributed by atoms with E-state index in [1.165, 1.54) is 0 Å². The van der Waals surface area contributed by atoms with Gasteiger partial charge in [-0.25, -0.2) is 9.37 Å². The Morgan fingerprint density at radius 1 is 1.22 bits per heavy atom. The minimum absolute atomic E-state index is 0.0189. The summed E-state index contributed by atoms with van der Waals surface area (Å²) in [6, 6.07) is 8.83. The number of amides is 2. The van der Waals surface area contributed by atoms with Crippen molar-refractivity contribution in [3.8, 4) is 11.6 Å². The van der Waals surface area contributed by atoms with Crippen LogP contribution in [-0.2, 0) is 4.79 Å². The van der Waals surface area contributed by atoms with Crippen LogP contribution in [0.1, 0.15) is 55.3 Å². The van der Waals surface area contributed by atoms with Crippen molar-refractivity contribution < 1.29 is 18.7 Å². The number of rotatable bonds is 6. The molecule has 6 nitrogen and oxygen atoms in total. The molecule has 1 aliphatic heterocycles. The number of nitrogens with zero attached hydrogens (tertiary/aromatic N) is 2. The molecule has 170 valence electrons. The molecule has 0 radical (unpaired) electrons. The molecular weight excluding hydrogens is 429 g/mol. The molecule has 2 aliphatic rings. The maximum absolute atomic E-state index is 13.9. The molecule has 2 aromatic rings. The van der Waals surface area contributed by atoms with Gasteiger partial charge in [0, 0.05) is 29.9 Å². The number of likely N-dealkylation sites (tertiary alicyclic amines) is 1. The molecule has 32 heavy (non-hydrogen) atoms. The van der Waals surface area contributed by atoms with Crippen molar-refractivity contribution in [1.82, 2.24) is 15.2 Å². The predicted octanol–water partition coefficient (Wildman–Crippen LogP) is 4.79. The van der Waals surface area contributed by atoms with Crippen LogP contribution in [0.4, 0.5) is 4.39 Å². The first-order valence-electron chi connectivity index (χ1n) is 11.1. The van der Waals surface area contributed by atoms with Crippen LogP contribution in [0, 0.1) is 5.82 Å². The van der Waals surface area contributed by atoms with Crippen LogP contribution < -0.4 is 10.1 Å². The maximum atomic E-state index is 13.9. The van der Waals surface area contributed by atoms with E-state index in [0.717, 1.165) is 62.2 Å². The van der Waals surface area contributed by atoms with Crippen LogP contribution in [0.2, 0.25) is 0 Å². The SMILES string of the molecule is CSc1cccc(Oc2ncc(F)cc2C(=O)N[C@H]2CC[C@@H](N3CCCCC3=O)CC2)c1. The van der Waals surface area contributed by atoms with Gasteiger partial charge in [0.2, 0.25) is 11.8 Å². The summed E-state index contributed by atoms with van der Waals surface area (Å²) in [5, 5.41) is 3.01. The number of ether oxygens (including phenoxy) is 1. The Morgan fingerprint density at radius 2 is 2.03 bits per heavy atom. The van der Waals surface area contributed by atoms with Crippen molar-refractivity contribution in [1.29, 1.82) is 0 Å². The normalized spacial score (nSPS) is 21.3. The lowest BCUT2D eigenvalue weighted by Gasteiger charge is -2.39. The van der Waals surface area contributed by atoms with Crippen molar-refractivity contribution in [2.24, 2.45) is 0 Å². The third-order valence-corrected chi connectivity index (χ3v) is 6.88. The van der Waals surface area contributed by atoms with E-state index in [1.54, 1.807) is 17.8 Å². The minimum Gasteiger partial charge on any atom is -0.438 e. The van der Waals surface area contributed by atoms with Gasteiger partial charge in [-0.15, -0.1) is 11.8 Å². The quantitative estimate of drug-likeness (QED) is 0.632. The highest BCUT2D eigenvalue weighted by molar-refractivity contribution is 7.98. The van der Waals surface area contributed by atoms with Gasteiger partial charge in [0.15, 0.2) is 0 Å². The standard InChI is InChI=1S/C24H28FN3O3S/c1-32-20-6-4-5-19(14-20)31-24-21(13-16(25)15-26-24)23(30)27-17-8-10-18(11-9-17)28-12-3-2-7-22(28)29/h4-6,13-15,17-18H,2-3,7-12H2,1H3,(H,27,30)/t17-,18+. The fourth-order valence-electron chi connectivity index (χ4n) is 4.45. The van der Waals surface area contributed by atoms with Gasteiger partial charge in [0.1, 0.15) is 17.1 Å². The number of aromatic nitrogens is 1. The van der Waals surface area contributed by atoms with Crippen molar-refractivity contribution in [3.05, 3.63) is 47.9 Å². The van der Waals surface area contributed by atoms with E-state index in [-0.39, 0.29) is 29.4 Å². The monoisotopic (exact) mass is 457 g/mol. The molecule has 2 fully saturated rings. The summed E-state index contributed by atoms with van der Waals surface area (Å²) in [4.78, 5) is 32.2. The third kappa shape index (κ3) is 5.41. The fourth-order valence-corrected chi connectivity index (χ4v) is 4.90. The van der Waals surface area contributed by atoms with Gasteiger partial charge in [-0.1, -0.05) is 6.07 Å². The molecule has 0 atom stereocenters. The Morgan fingerprint density at radius 3 is 2.78 bits per heavy atom. The zero-order valence-corrected chi connectivity index (χ0v) is 19.0. The van der Waals surface area contributed by atoms with E-state index in [0.29, 0.717) is 12.2 Å². The Kier molecular flexibility index (Phi) is 7.29. The van der Waals surface area contributed by atoms with Gasteiger partial charge >= 0.3 is 0 Å². The van der Waals surface area contributed by atoms with Gasteiger partial charge in [-0.05, 0) is 69.0 Å². The predicted molar refractivity (Wildman–Crippen MR) is 122 cm³/mol. The minimum atomic E-state index is -0.590. The fraction of sp³-hybridized carbons (Fsp3) is 0.458. The molecule has 4 rings (SSSR count). The molecule has 2 heterocycles. The smallest absolute Gasteiger partial charge is 0.257 e. The first-order valence-corrected chi connectivity index (χ1v) is 12.3. The van der Waals surface area contributed by atoms with Crippen LogP contribution >= 0.6 is 11.8 Å². The van der Waals surface area contributed by atoms with Crippen molar-refractivity contribution in [2.75, 3.05) is 12.8 Å². The van der Waals surface area contributed by atoms with Crippen LogP contribution in [-0.4, -0.2) is 46.6 Å². The first kappa shape index (κ1) is 22.6. The molecule has 2 amide bonds. The highest BCUT2D eigenvalue weighted by atomic mass is 32.2. The summed E-state index contributed by atoms with van der Waals surface area (Å²) < 4.78 is 19.7. The number of carbonyl (C=O) groups is 2. The van der Waals surface area contributed by atoms with Gasteiger partial charge in [-0.3, -0.25) is 9.59 Å². The Labute approximate surface area is 191 Å². The summed E-state index contributed by atoms with van der Waals surface area (Å²) in [5.41, 5.74) is 0.0767.